The summed E-state index contributed by atoms with van der Waals surface area (Å²) in [7, 11) is -2.16. The van der Waals surface area contributed by atoms with Crippen LogP contribution in [0.2, 0.25) is 6.55 Å². The molecule has 8 heavy (non-hydrogen) atoms. The Hall–Kier alpha value is 0.782. The van der Waals surface area contributed by atoms with Crippen molar-refractivity contribution < 1.29 is 29.3 Å². The molecule has 5 heteroatoms. The van der Waals surface area contributed by atoms with Gasteiger partial charge in [-0.15, -0.1) is 6.58 Å². The third-order valence-corrected chi connectivity index (χ3v) is 7.33. The molecule has 1 aliphatic heterocycles. The normalized spacial score (nSPS) is 37.6. The quantitative estimate of drug-likeness (QED) is 0.623. The first-order valence-corrected chi connectivity index (χ1v) is 5.73. The Kier molecular flexibility index (Phi) is 3.38. The molecule has 0 aromatic rings. The molecule has 0 aromatic heterocycles. The summed E-state index contributed by atoms with van der Waals surface area (Å²) in [5.74, 6) is 0. The third kappa shape index (κ3) is 1.63. The molecule has 0 unspecified atom stereocenters. The summed E-state index contributed by atoms with van der Waals surface area (Å²) in [6, 6.07) is 0. The van der Waals surface area contributed by atoms with Crippen LogP contribution in [0.15, 0.2) is 12.3 Å². The van der Waals surface area contributed by atoms with E-state index in [0.717, 1.165) is 0 Å². The van der Waals surface area contributed by atoms with E-state index in [9.17, 15) is 0 Å². The maximum Gasteiger partial charge on any atom is 0.342 e. The van der Waals surface area contributed by atoms with Crippen molar-refractivity contribution in [1.29, 1.82) is 0 Å². The molecule has 1 heterocycles. The average molecular weight is 327 g/mol. The molecular weight excluding hydrogens is 319 g/mol. The van der Waals surface area contributed by atoms with E-state index in [0.29, 0.717) is 0 Å². The largest absolute Gasteiger partial charge is 0.417 e. The van der Waals surface area contributed by atoms with Crippen LogP contribution in [0.25, 0.3) is 0 Å². The van der Waals surface area contributed by atoms with Gasteiger partial charge < -0.3 is 8.23 Å². The van der Waals surface area contributed by atoms with Crippen molar-refractivity contribution in [2.45, 2.75) is 6.55 Å². The van der Waals surface area contributed by atoms with Crippen molar-refractivity contribution in [2.75, 3.05) is 0 Å². The van der Waals surface area contributed by atoms with E-state index in [4.69, 9.17) is 8.23 Å². The fraction of sp³-hybridized carbons (Fsp3) is 0.333. The van der Waals surface area contributed by atoms with E-state index in [1.807, 2.05) is 12.2 Å². The van der Waals surface area contributed by atoms with E-state index in [1.165, 1.54) is 0 Å². The van der Waals surface area contributed by atoms with Crippen LogP contribution in [0.3, 0.4) is 0 Å². The molecule has 1 saturated heterocycles. The summed E-state index contributed by atoms with van der Waals surface area (Å²) in [6.45, 7) is 5.58. The van der Waals surface area contributed by atoms with Crippen molar-refractivity contribution in [3.05, 3.63) is 12.3 Å². The summed E-state index contributed by atoms with van der Waals surface area (Å²) in [6.07, 6.45) is 0. The average Bonchev–Trinajstić information content (AvgIpc) is 1.61. The summed E-state index contributed by atoms with van der Waals surface area (Å²) in [4.78, 5) is 0. The summed E-state index contributed by atoms with van der Waals surface area (Å²) >= 11 is 0. The Labute approximate surface area is 66.8 Å². The Morgan fingerprint density at radius 2 is 2.12 bits per heavy atom. The topological polar surface area (TPSA) is 18.5 Å². The second-order valence-electron chi connectivity index (χ2n) is 1.63. The second-order valence-corrected chi connectivity index (χ2v) is 6.61. The summed E-state index contributed by atoms with van der Waals surface area (Å²) < 4.78 is 10.4. The number of rotatable bonds is 1. The molecule has 0 aliphatic carbocycles. The molecule has 0 amide bonds. The number of hydrogen-bond acceptors (Lipinski definition) is 2. The van der Waals surface area contributed by atoms with Gasteiger partial charge in [0.05, 0.1) is 0 Å². The predicted molar refractivity (Wildman–Crippen MR) is 32.5 cm³/mol. The first kappa shape index (κ1) is 8.78. The van der Waals surface area contributed by atoms with E-state index < -0.39 is 18.6 Å². The molecular formula is C3H8O2PtSi2. The molecule has 1 fully saturated rings. The Morgan fingerprint density at radius 1 is 1.62 bits per heavy atom. The van der Waals surface area contributed by atoms with Crippen LogP contribution in [0.4, 0.5) is 0 Å². The SMILES string of the molecule is C=C[Si]1(C)O[SiH2]O1.[Pt]. The van der Waals surface area contributed by atoms with Crippen LogP contribution >= 0.6 is 0 Å². The van der Waals surface area contributed by atoms with Crippen molar-refractivity contribution in [3.8, 4) is 0 Å². The van der Waals surface area contributed by atoms with Crippen LogP contribution in [-0.2, 0) is 29.3 Å². The van der Waals surface area contributed by atoms with Gasteiger partial charge in [0.2, 0.25) is 0 Å². The molecule has 0 bridgehead atoms. The minimum atomic E-state index is -1.65. The van der Waals surface area contributed by atoms with E-state index in [-0.39, 0.29) is 21.1 Å². The molecule has 1 aliphatic rings. The molecule has 0 N–H and O–H groups in total. The molecule has 1 rings (SSSR count). The molecule has 0 spiro atoms. The van der Waals surface area contributed by atoms with Crippen LogP contribution in [0, 0.1) is 0 Å². The van der Waals surface area contributed by atoms with Crippen LogP contribution in [0.5, 0.6) is 0 Å². The Balaban J connectivity index is 0.000000490. The Bertz CT molecular complexity index is 93.3. The monoisotopic (exact) mass is 327 g/mol. The molecule has 2 nitrogen and oxygen atoms in total. The molecule has 0 atom stereocenters. The fourth-order valence-corrected chi connectivity index (χ4v) is 3.26. The van der Waals surface area contributed by atoms with Crippen LogP contribution in [0.1, 0.15) is 0 Å². The van der Waals surface area contributed by atoms with Gasteiger partial charge in [0.25, 0.3) is 10.0 Å². The van der Waals surface area contributed by atoms with Crippen LogP contribution in [-0.4, -0.2) is 18.6 Å². The van der Waals surface area contributed by atoms with Crippen molar-refractivity contribution in [3.63, 3.8) is 0 Å². The second kappa shape index (κ2) is 3.08. The smallest absolute Gasteiger partial charge is 0.342 e. The van der Waals surface area contributed by atoms with Gasteiger partial charge in [0, 0.05) is 21.1 Å². The van der Waals surface area contributed by atoms with Gasteiger partial charge in [-0.3, -0.25) is 0 Å². The summed E-state index contributed by atoms with van der Waals surface area (Å²) in [5.41, 5.74) is 1.81. The maximum atomic E-state index is 5.20. The zero-order valence-electron chi connectivity index (χ0n) is 4.62. The first-order valence-electron chi connectivity index (χ1n) is 2.18. The van der Waals surface area contributed by atoms with Gasteiger partial charge in [-0.2, -0.15) is 0 Å². The zero-order chi connectivity index (χ0) is 5.33. The number of hydrogen-bond donors (Lipinski definition) is 0. The fourth-order valence-electron chi connectivity index (χ4n) is 0.363. The van der Waals surface area contributed by atoms with Gasteiger partial charge in [-0.05, 0) is 6.55 Å². The van der Waals surface area contributed by atoms with Crippen LogP contribution < -0.4 is 0 Å². The predicted octanol–water partition coefficient (Wildman–Crippen LogP) is -0.173. The van der Waals surface area contributed by atoms with Gasteiger partial charge in [0.15, 0.2) is 0 Å². The van der Waals surface area contributed by atoms with Crippen molar-refractivity contribution in [1.82, 2.24) is 0 Å². The van der Waals surface area contributed by atoms with Gasteiger partial charge in [-0.1, -0.05) is 5.70 Å². The van der Waals surface area contributed by atoms with Crippen molar-refractivity contribution in [2.24, 2.45) is 0 Å². The van der Waals surface area contributed by atoms with Gasteiger partial charge >= 0.3 is 8.56 Å². The van der Waals surface area contributed by atoms with E-state index >= 15 is 0 Å². The first-order chi connectivity index (χ1) is 3.27. The Morgan fingerprint density at radius 3 is 2.12 bits per heavy atom. The third-order valence-electron chi connectivity index (χ3n) is 1.06. The van der Waals surface area contributed by atoms with Gasteiger partial charge in [0.1, 0.15) is 0 Å². The summed E-state index contributed by atoms with van der Waals surface area (Å²) in [5, 5.41) is 0. The van der Waals surface area contributed by atoms with E-state index in [1.54, 1.807) is 0 Å². The van der Waals surface area contributed by atoms with Crippen molar-refractivity contribution >= 4 is 18.6 Å². The van der Waals surface area contributed by atoms with E-state index in [2.05, 4.69) is 6.58 Å². The molecule has 0 radical (unpaired) electrons. The minimum absolute atomic E-state index is 0. The zero-order valence-corrected chi connectivity index (χ0v) is 9.31. The molecule has 0 aromatic carbocycles. The minimum Gasteiger partial charge on any atom is -0.417 e. The maximum absolute atomic E-state index is 5.20. The van der Waals surface area contributed by atoms with Gasteiger partial charge in [-0.25, -0.2) is 0 Å². The molecule has 0 saturated carbocycles. The molecule has 50 valence electrons. The standard InChI is InChI=1S/C3H8O2Si2.Pt/c1-3-7(2)4-6-5-7;/h3H,1,6H2,2H3;.